The van der Waals surface area contributed by atoms with Crippen LogP contribution in [0.3, 0.4) is 0 Å². The van der Waals surface area contributed by atoms with Crippen molar-refractivity contribution < 1.29 is 12.8 Å². The first-order chi connectivity index (χ1) is 9.92. The molecule has 112 valence electrons. The van der Waals surface area contributed by atoms with Crippen LogP contribution in [0.25, 0.3) is 0 Å². The van der Waals surface area contributed by atoms with E-state index in [1.807, 2.05) is 6.92 Å². The average molecular weight is 375 g/mol. The fourth-order valence-electron chi connectivity index (χ4n) is 1.55. The lowest BCUT2D eigenvalue weighted by atomic mass is 10.4. The summed E-state index contributed by atoms with van der Waals surface area (Å²) in [5.41, 5.74) is 0. The lowest BCUT2D eigenvalue weighted by molar-refractivity contribution is 0.600. The highest BCUT2D eigenvalue weighted by Crippen LogP contribution is 2.24. The van der Waals surface area contributed by atoms with Gasteiger partial charge in [0.25, 0.3) is 10.0 Å². The minimum Gasteiger partial charge on any atom is -0.369 e. The number of hydrogen-bond acceptors (Lipinski definition) is 5. The summed E-state index contributed by atoms with van der Waals surface area (Å²) in [6.45, 7) is 2.35. The molecule has 0 atom stereocenters. The molecule has 0 aliphatic heterocycles. The van der Waals surface area contributed by atoms with Crippen molar-refractivity contribution in [3.8, 4) is 0 Å². The molecule has 9 heteroatoms. The van der Waals surface area contributed by atoms with Crippen LogP contribution in [-0.4, -0.2) is 24.9 Å². The Hall–Kier alpha value is -1.74. The normalized spacial score (nSPS) is 11.2. The van der Waals surface area contributed by atoms with Crippen LogP contribution >= 0.6 is 15.9 Å². The average Bonchev–Trinajstić information content (AvgIpc) is 2.43. The predicted molar refractivity (Wildman–Crippen MR) is 81.1 cm³/mol. The van der Waals surface area contributed by atoms with Crippen LogP contribution < -0.4 is 10.0 Å². The third kappa shape index (κ3) is 3.88. The van der Waals surface area contributed by atoms with Crippen LogP contribution in [0.1, 0.15) is 6.92 Å². The molecule has 0 spiro atoms. The van der Waals surface area contributed by atoms with Crippen molar-refractivity contribution in [2.24, 2.45) is 0 Å². The molecule has 21 heavy (non-hydrogen) atoms. The second-order valence-electron chi connectivity index (χ2n) is 4.00. The van der Waals surface area contributed by atoms with Crippen LogP contribution in [0.5, 0.6) is 0 Å². The second kappa shape index (κ2) is 6.35. The summed E-state index contributed by atoms with van der Waals surface area (Å²) in [6.07, 6.45) is 2.43. The molecule has 0 amide bonds. The SMILES string of the molecule is CCNc1ncc(Br)cc1S(=O)(=O)Nc1ccc(F)cn1. The van der Waals surface area contributed by atoms with E-state index in [-0.39, 0.29) is 16.5 Å². The number of nitrogens with zero attached hydrogens (tertiary/aromatic N) is 2. The maximum absolute atomic E-state index is 12.8. The summed E-state index contributed by atoms with van der Waals surface area (Å²) in [6, 6.07) is 3.79. The number of hydrogen-bond donors (Lipinski definition) is 2. The third-order valence-electron chi connectivity index (χ3n) is 2.42. The molecule has 0 saturated carbocycles. The highest BCUT2D eigenvalue weighted by Gasteiger charge is 2.20. The number of rotatable bonds is 5. The summed E-state index contributed by atoms with van der Waals surface area (Å²) in [4.78, 5) is 7.68. The van der Waals surface area contributed by atoms with Crippen molar-refractivity contribution in [2.75, 3.05) is 16.6 Å². The van der Waals surface area contributed by atoms with Crippen LogP contribution in [0.4, 0.5) is 16.0 Å². The summed E-state index contributed by atoms with van der Waals surface area (Å²) in [7, 11) is -3.89. The zero-order valence-corrected chi connectivity index (χ0v) is 13.4. The van der Waals surface area contributed by atoms with Gasteiger partial charge in [0.1, 0.15) is 22.3 Å². The molecule has 0 radical (unpaired) electrons. The number of nitrogens with one attached hydrogen (secondary N) is 2. The highest BCUT2D eigenvalue weighted by molar-refractivity contribution is 9.10. The monoisotopic (exact) mass is 374 g/mol. The van der Waals surface area contributed by atoms with Crippen LogP contribution in [-0.2, 0) is 10.0 Å². The van der Waals surface area contributed by atoms with Crippen LogP contribution in [0, 0.1) is 5.82 Å². The predicted octanol–water partition coefficient (Wildman–Crippen LogP) is 2.61. The van der Waals surface area contributed by atoms with Crippen molar-refractivity contribution in [3.05, 3.63) is 40.9 Å². The minimum absolute atomic E-state index is 0.0233. The molecule has 2 aromatic rings. The van der Waals surface area contributed by atoms with Crippen molar-refractivity contribution in [1.29, 1.82) is 0 Å². The summed E-state index contributed by atoms with van der Waals surface area (Å²) in [5, 5.41) is 2.87. The molecule has 2 rings (SSSR count). The second-order valence-corrected chi connectivity index (χ2v) is 6.56. The van der Waals surface area contributed by atoms with Crippen molar-refractivity contribution >= 4 is 37.6 Å². The van der Waals surface area contributed by atoms with Gasteiger partial charge in [-0.25, -0.2) is 22.8 Å². The molecule has 0 saturated heterocycles. The summed E-state index contributed by atoms with van der Waals surface area (Å²) >= 11 is 3.19. The van der Waals surface area contributed by atoms with E-state index < -0.39 is 15.8 Å². The standard InChI is InChI=1S/C12H12BrFN4O2S/c1-2-15-12-10(5-8(13)6-17-12)21(19,20)18-11-4-3-9(14)7-16-11/h3-7H,2H2,1H3,(H,15,17)(H,16,18). The molecule has 0 aliphatic carbocycles. The lowest BCUT2D eigenvalue weighted by Crippen LogP contribution is -2.17. The highest BCUT2D eigenvalue weighted by atomic mass is 79.9. The Balaban J connectivity index is 2.39. The molecule has 0 unspecified atom stereocenters. The Morgan fingerprint density at radius 3 is 2.67 bits per heavy atom. The number of pyridine rings is 2. The number of halogens is 2. The van der Waals surface area contributed by atoms with E-state index >= 15 is 0 Å². The molecule has 0 aliphatic rings. The van der Waals surface area contributed by atoms with Crippen LogP contribution in [0.15, 0.2) is 40.0 Å². The van der Waals surface area contributed by atoms with E-state index in [9.17, 15) is 12.8 Å². The molecular formula is C12H12BrFN4O2S. The van der Waals surface area contributed by atoms with E-state index in [4.69, 9.17) is 0 Å². The topological polar surface area (TPSA) is 84.0 Å². The maximum Gasteiger partial charge on any atom is 0.266 e. The molecule has 6 nitrogen and oxygen atoms in total. The van der Waals surface area contributed by atoms with E-state index in [2.05, 4.69) is 35.9 Å². The van der Waals surface area contributed by atoms with Gasteiger partial charge in [0.2, 0.25) is 0 Å². The summed E-state index contributed by atoms with van der Waals surface area (Å²) < 4.78 is 40.4. The van der Waals surface area contributed by atoms with Crippen LogP contribution in [0.2, 0.25) is 0 Å². The minimum atomic E-state index is -3.89. The largest absolute Gasteiger partial charge is 0.369 e. The van der Waals surface area contributed by atoms with E-state index in [0.29, 0.717) is 11.0 Å². The van der Waals surface area contributed by atoms with Gasteiger partial charge in [-0.2, -0.15) is 0 Å². The molecular weight excluding hydrogens is 363 g/mol. The Bertz CT molecular complexity index is 737. The molecule has 0 bridgehead atoms. The van der Waals surface area contributed by atoms with Crippen molar-refractivity contribution in [2.45, 2.75) is 11.8 Å². The van der Waals surface area contributed by atoms with Gasteiger partial charge in [0.15, 0.2) is 0 Å². The van der Waals surface area contributed by atoms with E-state index in [1.165, 1.54) is 18.3 Å². The first-order valence-corrected chi connectivity index (χ1v) is 8.24. The van der Waals surface area contributed by atoms with Gasteiger partial charge in [0, 0.05) is 17.2 Å². The van der Waals surface area contributed by atoms with Gasteiger partial charge in [-0.1, -0.05) is 0 Å². The van der Waals surface area contributed by atoms with Gasteiger partial charge in [-0.3, -0.25) is 4.72 Å². The zero-order chi connectivity index (χ0) is 15.5. The van der Waals surface area contributed by atoms with Gasteiger partial charge in [-0.05, 0) is 41.1 Å². The van der Waals surface area contributed by atoms with Gasteiger partial charge in [0.05, 0.1) is 6.20 Å². The molecule has 2 heterocycles. The van der Waals surface area contributed by atoms with Gasteiger partial charge < -0.3 is 5.32 Å². The Kier molecular flexibility index (Phi) is 4.73. The fraction of sp³-hybridized carbons (Fsp3) is 0.167. The smallest absolute Gasteiger partial charge is 0.266 e. The number of aromatic nitrogens is 2. The number of sulfonamides is 1. The quantitative estimate of drug-likeness (QED) is 0.840. The Labute approximate surface area is 130 Å². The molecule has 0 aromatic carbocycles. The van der Waals surface area contributed by atoms with E-state index in [0.717, 1.165) is 12.3 Å². The first kappa shape index (κ1) is 15.6. The zero-order valence-electron chi connectivity index (χ0n) is 11.0. The lowest BCUT2D eigenvalue weighted by Gasteiger charge is -2.12. The van der Waals surface area contributed by atoms with Gasteiger partial charge in [-0.15, -0.1) is 0 Å². The summed E-state index contributed by atoms with van der Waals surface area (Å²) in [5.74, 6) is -0.287. The Morgan fingerprint density at radius 1 is 1.29 bits per heavy atom. The van der Waals surface area contributed by atoms with Crippen molar-refractivity contribution in [1.82, 2.24) is 9.97 Å². The van der Waals surface area contributed by atoms with Crippen molar-refractivity contribution in [3.63, 3.8) is 0 Å². The third-order valence-corrected chi connectivity index (χ3v) is 4.22. The first-order valence-electron chi connectivity index (χ1n) is 5.96. The molecule has 2 N–H and O–H groups in total. The fourth-order valence-corrected chi connectivity index (χ4v) is 3.20. The van der Waals surface area contributed by atoms with Gasteiger partial charge >= 0.3 is 0 Å². The Morgan fingerprint density at radius 2 is 2.05 bits per heavy atom. The molecule has 0 fully saturated rings. The maximum atomic E-state index is 12.8. The van der Waals surface area contributed by atoms with E-state index in [1.54, 1.807) is 0 Å². The number of anilines is 2. The molecule has 2 aromatic heterocycles.